The summed E-state index contributed by atoms with van der Waals surface area (Å²) in [5.74, 6) is -0.513. The molecule has 1 saturated heterocycles. The van der Waals surface area contributed by atoms with E-state index in [-0.39, 0.29) is 24.2 Å². The van der Waals surface area contributed by atoms with E-state index in [1.54, 1.807) is 22.8 Å². The van der Waals surface area contributed by atoms with Gasteiger partial charge in [-0.15, -0.1) is 0 Å². The van der Waals surface area contributed by atoms with Gasteiger partial charge in [0, 0.05) is 38.9 Å². The van der Waals surface area contributed by atoms with Crippen LogP contribution in [0.3, 0.4) is 0 Å². The number of aryl methyl sites for hydroxylation is 1. The van der Waals surface area contributed by atoms with Crippen LogP contribution in [-0.2, 0) is 9.53 Å². The Morgan fingerprint density at radius 1 is 1.19 bits per heavy atom. The average Bonchev–Trinajstić information content (AvgIpc) is 2.50. The number of carbonyl (C=O) groups is 2. The van der Waals surface area contributed by atoms with E-state index in [2.05, 4.69) is 0 Å². The van der Waals surface area contributed by atoms with Crippen LogP contribution in [0.2, 0.25) is 0 Å². The largest absolute Gasteiger partial charge is 0.375 e. The molecule has 0 bridgehead atoms. The minimum atomic E-state index is -0.318. The maximum Gasteiger partial charge on any atom is 0.253 e. The van der Waals surface area contributed by atoms with Crippen molar-refractivity contribution in [2.45, 2.75) is 6.92 Å². The molecule has 0 atom stereocenters. The number of hydrogen-bond acceptors (Lipinski definition) is 3. The molecule has 0 N–H and O–H groups in total. The van der Waals surface area contributed by atoms with Gasteiger partial charge in [0.05, 0.1) is 0 Å². The number of rotatable bonds is 3. The van der Waals surface area contributed by atoms with E-state index < -0.39 is 0 Å². The Balaban J connectivity index is 1.97. The van der Waals surface area contributed by atoms with Gasteiger partial charge in [-0.3, -0.25) is 9.59 Å². The van der Waals surface area contributed by atoms with Crippen LogP contribution >= 0.6 is 0 Å². The van der Waals surface area contributed by atoms with Crippen LogP contribution in [0.1, 0.15) is 15.9 Å². The summed E-state index contributed by atoms with van der Waals surface area (Å²) in [6, 6.07) is 4.36. The normalized spacial score (nSPS) is 15.2. The quantitative estimate of drug-likeness (QED) is 0.838. The molecular weight excluding hydrogens is 275 g/mol. The topological polar surface area (TPSA) is 49.9 Å². The number of ether oxygens (including phenoxy) is 1. The smallest absolute Gasteiger partial charge is 0.253 e. The highest BCUT2D eigenvalue weighted by Gasteiger charge is 2.24. The first-order valence-corrected chi connectivity index (χ1v) is 6.85. The van der Waals surface area contributed by atoms with Gasteiger partial charge in [-0.1, -0.05) is 0 Å². The third-order valence-electron chi connectivity index (χ3n) is 3.59. The van der Waals surface area contributed by atoms with Gasteiger partial charge in [-0.05, 0) is 30.7 Å². The summed E-state index contributed by atoms with van der Waals surface area (Å²) in [4.78, 5) is 27.4. The number of carbonyl (C=O) groups excluding carboxylic acids is 2. The molecule has 6 heteroatoms. The standard InChI is InChI=1S/C15H19FN2O3/c1-11-9-12(3-4-13(11)16)15(20)18-7-5-17(6-8-18)14(19)10-21-2/h3-4,9H,5-8,10H2,1-2H3. The molecule has 0 aliphatic carbocycles. The number of methoxy groups -OCH3 is 1. The number of nitrogens with zero attached hydrogens (tertiary/aromatic N) is 2. The molecule has 1 fully saturated rings. The fourth-order valence-electron chi connectivity index (χ4n) is 2.33. The molecule has 114 valence electrons. The SMILES string of the molecule is COCC(=O)N1CCN(C(=O)c2ccc(F)c(C)c2)CC1. The zero-order valence-electron chi connectivity index (χ0n) is 12.3. The zero-order chi connectivity index (χ0) is 15.4. The Morgan fingerprint density at radius 3 is 2.38 bits per heavy atom. The van der Waals surface area contributed by atoms with Crippen molar-refractivity contribution < 1.29 is 18.7 Å². The molecule has 0 aromatic heterocycles. The number of benzene rings is 1. The van der Waals surface area contributed by atoms with Crippen molar-refractivity contribution in [3.63, 3.8) is 0 Å². The number of piperazine rings is 1. The summed E-state index contributed by atoms with van der Waals surface area (Å²) in [7, 11) is 1.48. The van der Waals surface area contributed by atoms with Crippen molar-refractivity contribution in [3.05, 3.63) is 35.1 Å². The first-order chi connectivity index (χ1) is 10.0. The second-order valence-electron chi connectivity index (χ2n) is 5.07. The van der Waals surface area contributed by atoms with Gasteiger partial charge < -0.3 is 14.5 Å². The first-order valence-electron chi connectivity index (χ1n) is 6.85. The summed E-state index contributed by atoms with van der Waals surface area (Å²) >= 11 is 0. The Kier molecular flexibility index (Phi) is 4.90. The Morgan fingerprint density at radius 2 is 1.81 bits per heavy atom. The Labute approximate surface area is 123 Å². The second-order valence-corrected chi connectivity index (χ2v) is 5.07. The molecule has 1 aliphatic rings. The van der Waals surface area contributed by atoms with E-state index in [1.807, 2.05) is 0 Å². The van der Waals surface area contributed by atoms with Crippen molar-refractivity contribution in [2.24, 2.45) is 0 Å². The van der Waals surface area contributed by atoms with Gasteiger partial charge in [0.15, 0.2) is 0 Å². The highest BCUT2D eigenvalue weighted by atomic mass is 19.1. The van der Waals surface area contributed by atoms with Gasteiger partial charge in [0.25, 0.3) is 5.91 Å². The molecule has 2 amide bonds. The summed E-state index contributed by atoms with van der Waals surface area (Å²) < 4.78 is 18.1. The van der Waals surface area contributed by atoms with Crippen molar-refractivity contribution in [3.8, 4) is 0 Å². The van der Waals surface area contributed by atoms with E-state index in [9.17, 15) is 14.0 Å². The van der Waals surface area contributed by atoms with Gasteiger partial charge in [-0.25, -0.2) is 4.39 Å². The van der Waals surface area contributed by atoms with Crippen molar-refractivity contribution >= 4 is 11.8 Å². The Bertz CT molecular complexity index is 540. The lowest BCUT2D eigenvalue weighted by Crippen LogP contribution is -2.51. The van der Waals surface area contributed by atoms with Gasteiger partial charge >= 0.3 is 0 Å². The van der Waals surface area contributed by atoms with Crippen LogP contribution in [0.15, 0.2) is 18.2 Å². The predicted octanol–water partition coefficient (Wildman–Crippen LogP) is 1.06. The second kappa shape index (κ2) is 6.67. The van der Waals surface area contributed by atoms with Gasteiger partial charge in [0.2, 0.25) is 5.91 Å². The summed E-state index contributed by atoms with van der Waals surface area (Å²) in [5, 5.41) is 0. The number of halogens is 1. The van der Waals surface area contributed by atoms with Gasteiger partial charge in [-0.2, -0.15) is 0 Å². The minimum Gasteiger partial charge on any atom is -0.375 e. The van der Waals surface area contributed by atoms with Crippen molar-refractivity contribution in [2.75, 3.05) is 39.9 Å². The molecule has 0 radical (unpaired) electrons. The van der Waals surface area contributed by atoms with Crippen molar-refractivity contribution in [1.29, 1.82) is 0 Å². The first kappa shape index (κ1) is 15.4. The van der Waals surface area contributed by atoms with Crippen LogP contribution in [0, 0.1) is 12.7 Å². The van der Waals surface area contributed by atoms with Crippen molar-refractivity contribution in [1.82, 2.24) is 9.80 Å². The molecule has 1 heterocycles. The van der Waals surface area contributed by atoms with Crippen LogP contribution in [0.5, 0.6) is 0 Å². The monoisotopic (exact) mass is 294 g/mol. The van der Waals surface area contributed by atoms with Gasteiger partial charge in [0.1, 0.15) is 12.4 Å². The lowest BCUT2D eigenvalue weighted by atomic mass is 10.1. The van der Waals surface area contributed by atoms with E-state index in [0.717, 1.165) is 0 Å². The molecule has 0 spiro atoms. The molecule has 5 nitrogen and oxygen atoms in total. The van der Waals surface area contributed by atoms with Crippen LogP contribution in [0.25, 0.3) is 0 Å². The molecule has 1 aromatic rings. The molecule has 21 heavy (non-hydrogen) atoms. The molecule has 2 rings (SSSR count). The van der Waals surface area contributed by atoms with E-state index in [4.69, 9.17) is 4.74 Å². The third kappa shape index (κ3) is 3.58. The third-order valence-corrected chi connectivity index (χ3v) is 3.59. The molecule has 0 saturated carbocycles. The maximum absolute atomic E-state index is 13.2. The number of hydrogen-bond donors (Lipinski definition) is 0. The lowest BCUT2D eigenvalue weighted by Gasteiger charge is -2.34. The van der Waals surface area contributed by atoms with Crippen LogP contribution in [0.4, 0.5) is 4.39 Å². The molecule has 0 unspecified atom stereocenters. The molecular formula is C15H19FN2O3. The average molecular weight is 294 g/mol. The van der Waals surface area contributed by atoms with E-state index >= 15 is 0 Å². The number of amides is 2. The minimum absolute atomic E-state index is 0.0606. The van der Waals surface area contributed by atoms with Crippen LogP contribution < -0.4 is 0 Å². The lowest BCUT2D eigenvalue weighted by molar-refractivity contribution is -0.136. The summed E-state index contributed by atoms with van der Waals surface area (Å²) in [6.07, 6.45) is 0. The molecule has 1 aromatic carbocycles. The zero-order valence-corrected chi connectivity index (χ0v) is 12.3. The van der Waals surface area contributed by atoms with E-state index in [0.29, 0.717) is 37.3 Å². The van der Waals surface area contributed by atoms with Crippen LogP contribution in [-0.4, -0.2) is 61.5 Å². The Hall–Kier alpha value is -1.95. The van der Waals surface area contributed by atoms with E-state index in [1.165, 1.54) is 19.2 Å². The fourth-order valence-corrected chi connectivity index (χ4v) is 2.33. The molecule has 1 aliphatic heterocycles. The summed E-state index contributed by atoms with van der Waals surface area (Å²) in [6.45, 7) is 3.64. The fraction of sp³-hybridized carbons (Fsp3) is 0.467. The maximum atomic E-state index is 13.2. The highest BCUT2D eigenvalue weighted by Crippen LogP contribution is 2.13. The predicted molar refractivity (Wildman–Crippen MR) is 75.5 cm³/mol. The summed E-state index contributed by atoms with van der Waals surface area (Å²) in [5.41, 5.74) is 0.931. The highest BCUT2D eigenvalue weighted by molar-refractivity contribution is 5.94.